The number of carboxylic acids is 1. The first-order valence-corrected chi connectivity index (χ1v) is 12.2. The van der Waals surface area contributed by atoms with Crippen LogP contribution in [-0.2, 0) is 16.0 Å². The van der Waals surface area contributed by atoms with Crippen LogP contribution in [-0.4, -0.2) is 46.3 Å². The Hall–Kier alpha value is -4.99. The number of rotatable bonds is 8. The Morgan fingerprint density at radius 1 is 1.05 bits per heavy atom. The third-order valence-corrected chi connectivity index (χ3v) is 6.75. The highest BCUT2D eigenvalue weighted by molar-refractivity contribution is 6.06. The van der Waals surface area contributed by atoms with Crippen molar-refractivity contribution in [1.82, 2.24) is 10.3 Å². The molecule has 0 bridgehead atoms. The zero-order chi connectivity index (χ0) is 27.8. The van der Waals surface area contributed by atoms with E-state index in [2.05, 4.69) is 10.3 Å². The molecule has 0 fully saturated rings. The highest BCUT2D eigenvalue weighted by Gasteiger charge is 2.26. The Balaban J connectivity index is 1.36. The second kappa shape index (κ2) is 10.1. The molecule has 3 aromatic carbocycles. The molecular formula is C29H26N2O8. The summed E-state index contributed by atoms with van der Waals surface area (Å²) in [6, 6.07) is 12.1. The number of aliphatic carboxylic acids is 1. The average Bonchev–Trinajstić information content (AvgIpc) is 3.31. The normalized spacial score (nSPS) is 12.9. The minimum absolute atomic E-state index is 0.00470. The molecule has 0 radical (unpaired) electrons. The van der Waals surface area contributed by atoms with Crippen molar-refractivity contribution in [1.29, 1.82) is 0 Å². The maximum atomic E-state index is 12.9. The number of hydrogen-bond acceptors (Lipinski definition) is 7. The van der Waals surface area contributed by atoms with Crippen LogP contribution in [0, 0.1) is 6.92 Å². The minimum Gasteiger partial charge on any atom is -0.508 e. The largest absolute Gasteiger partial charge is 0.508 e. The number of nitrogens with one attached hydrogen (secondary N) is 2. The van der Waals surface area contributed by atoms with Gasteiger partial charge in [0.25, 0.3) is 5.91 Å². The van der Waals surface area contributed by atoms with Gasteiger partial charge in [-0.05, 0) is 67.9 Å². The maximum Gasteiger partial charge on any atom is 0.344 e. The van der Waals surface area contributed by atoms with Gasteiger partial charge in [0.2, 0.25) is 0 Å². The fourth-order valence-corrected chi connectivity index (χ4v) is 4.63. The molecule has 0 saturated heterocycles. The molecule has 5 aromatic rings. The molecule has 39 heavy (non-hydrogen) atoms. The molecule has 0 saturated carbocycles. The number of carbonyl (C=O) groups excluding carboxylic acids is 1. The fourth-order valence-electron chi connectivity index (χ4n) is 4.63. The molecule has 0 unspecified atom stereocenters. The van der Waals surface area contributed by atoms with Crippen LogP contribution < -0.4 is 20.4 Å². The summed E-state index contributed by atoms with van der Waals surface area (Å²) in [5, 5.41) is 24.5. The van der Waals surface area contributed by atoms with Crippen molar-refractivity contribution < 1.29 is 33.7 Å². The Morgan fingerprint density at radius 2 is 1.82 bits per heavy atom. The summed E-state index contributed by atoms with van der Waals surface area (Å²) in [5.41, 5.74) is 1.69. The number of ether oxygens (including phenoxy) is 2. The Bertz CT molecular complexity index is 1800. The van der Waals surface area contributed by atoms with E-state index in [1.54, 1.807) is 49.5 Å². The Labute approximate surface area is 221 Å². The maximum absolute atomic E-state index is 12.9. The van der Waals surface area contributed by atoms with E-state index in [1.165, 1.54) is 26.2 Å². The van der Waals surface area contributed by atoms with E-state index in [1.807, 2.05) is 0 Å². The lowest BCUT2D eigenvalue weighted by molar-refractivity contribution is -0.142. The van der Waals surface area contributed by atoms with Crippen molar-refractivity contribution in [3.05, 3.63) is 76.3 Å². The first-order valence-electron chi connectivity index (χ1n) is 12.2. The SMILES string of the molecule is COc1ccc2c(c1)c(=O)oc1c(C)c(O[C@@H](C)C(=O)N[C@@H](Cc3c[nH]c4ccc(O)cc34)C(=O)O)ccc12. The Morgan fingerprint density at radius 3 is 2.56 bits per heavy atom. The molecule has 10 heteroatoms. The number of fused-ring (bicyclic) bond motifs is 4. The number of hydrogen-bond donors (Lipinski definition) is 4. The molecule has 5 rings (SSSR count). The van der Waals surface area contributed by atoms with E-state index >= 15 is 0 Å². The van der Waals surface area contributed by atoms with Gasteiger partial charge >= 0.3 is 11.6 Å². The number of carboxylic acid groups (broad SMARTS) is 1. The molecule has 1 amide bonds. The predicted molar refractivity (Wildman–Crippen MR) is 145 cm³/mol. The van der Waals surface area contributed by atoms with Gasteiger partial charge in [0, 0.05) is 39.9 Å². The van der Waals surface area contributed by atoms with Crippen LogP contribution in [0.3, 0.4) is 0 Å². The summed E-state index contributed by atoms with van der Waals surface area (Å²) in [5.74, 6) is -0.933. The lowest BCUT2D eigenvalue weighted by Crippen LogP contribution is -2.47. The number of amides is 1. The minimum atomic E-state index is -1.23. The van der Waals surface area contributed by atoms with E-state index in [4.69, 9.17) is 13.9 Å². The fraction of sp³-hybridized carbons (Fsp3) is 0.207. The molecule has 2 aromatic heterocycles. The summed E-state index contributed by atoms with van der Waals surface area (Å²) >= 11 is 0. The van der Waals surface area contributed by atoms with Gasteiger partial charge in [0.15, 0.2) is 6.10 Å². The van der Waals surface area contributed by atoms with Crippen molar-refractivity contribution in [2.75, 3.05) is 7.11 Å². The summed E-state index contributed by atoms with van der Waals surface area (Å²) in [7, 11) is 1.52. The van der Waals surface area contributed by atoms with Crippen molar-refractivity contribution >= 4 is 44.5 Å². The number of phenols is 1. The number of aromatic amines is 1. The molecule has 2 heterocycles. The molecule has 0 spiro atoms. The quantitative estimate of drug-likeness (QED) is 0.173. The summed E-state index contributed by atoms with van der Waals surface area (Å²) in [6.45, 7) is 3.22. The number of carbonyl (C=O) groups is 2. The highest BCUT2D eigenvalue weighted by Crippen LogP contribution is 2.32. The van der Waals surface area contributed by atoms with Crippen molar-refractivity contribution in [3.63, 3.8) is 0 Å². The second-order valence-electron chi connectivity index (χ2n) is 9.27. The van der Waals surface area contributed by atoms with Gasteiger partial charge in [-0.2, -0.15) is 0 Å². The van der Waals surface area contributed by atoms with Crippen molar-refractivity contribution in [2.24, 2.45) is 0 Å². The number of methoxy groups -OCH3 is 1. The average molecular weight is 531 g/mol. The first kappa shape index (κ1) is 25.7. The zero-order valence-corrected chi connectivity index (χ0v) is 21.4. The van der Waals surface area contributed by atoms with Crippen LogP contribution in [0.2, 0.25) is 0 Å². The van der Waals surface area contributed by atoms with Gasteiger partial charge in [-0.25, -0.2) is 9.59 Å². The number of H-pyrrole nitrogens is 1. The van der Waals surface area contributed by atoms with E-state index in [0.717, 1.165) is 5.52 Å². The van der Waals surface area contributed by atoms with Gasteiger partial charge in [-0.15, -0.1) is 0 Å². The molecule has 4 N–H and O–H groups in total. The molecule has 0 aliphatic rings. The van der Waals surface area contributed by atoms with Gasteiger partial charge in [-0.1, -0.05) is 0 Å². The van der Waals surface area contributed by atoms with Gasteiger partial charge in [0.1, 0.15) is 28.9 Å². The van der Waals surface area contributed by atoms with Crippen LogP contribution in [0.1, 0.15) is 18.1 Å². The first-order chi connectivity index (χ1) is 18.7. The standard InChI is InChI=1S/C29H26N2O8/c1-14-25(9-7-20-19-6-5-18(37-3)12-22(19)29(36)39-26(14)20)38-15(2)27(33)31-24(28(34)35)10-16-13-30-23-8-4-17(32)11-21(16)23/h4-9,11-13,15,24,30,32H,10H2,1-3H3,(H,31,33)(H,34,35)/t15-,24-/m0/s1. The molecule has 200 valence electrons. The number of aromatic hydroxyl groups is 1. The van der Waals surface area contributed by atoms with Crippen LogP contribution in [0.5, 0.6) is 17.2 Å². The Kier molecular flexibility index (Phi) is 6.61. The highest BCUT2D eigenvalue weighted by atomic mass is 16.5. The van der Waals surface area contributed by atoms with Gasteiger partial charge in [0.05, 0.1) is 12.5 Å². The van der Waals surface area contributed by atoms with Crippen LogP contribution in [0.15, 0.2) is 63.9 Å². The second-order valence-corrected chi connectivity index (χ2v) is 9.27. The number of phenolic OH excluding ortho intramolecular Hbond substituents is 1. The van der Waals surface area contributed by atoms with Crippen LogP contribution >= 0.6 is 0 Å². The van der Waals surface area contributed by atoms with E-state index in [-0.39, 0.29) is 12.2 Å². The number of aryl methyl sites for hydroxylation is 1. The molecule has 10 nitrogen and oxygen atoms in total. The monoisotopic (exact) mass is 530 g/mol. The molecule has 0 aliphatic heterocycles. The lowest BCUT2D eigenvalue weighted by atomic mass is 10.0. The van der Waals surface area contributed by atoms with Gasteiger partial charge < -0.3 is 34.4 Å². The van der Waals surface area contributed by atoms with Crippen molar-refractivity contribution in [3.8, 4) is 17.2 Å². The smallest absolute Gasteiger partial charge is 0.344 e. The molecule has 0 aliphatic carbocycles. The van der Waals surface area contributed by atoms with Crippen molar-refractivity contribution in [2.45, 2.75) is 32.4 Å². The summed E-state index contributed by atoms with van der Waals surface area (Å²) < 4.78 is 16.7. The lowest BCUT2D eigenvalue weighted by Gasteiger charge is -2.20. The van der Waals surface area contributed by atoms with Gasteiger partial charge in [-0.3, -0.25) is 4.79 Å². The van der Waals surface area contributed by atoms with E-state index in [9.17, 15) is 24.6 Å². The summed E-state index contributed by atoms with van der Waals surface area (Å²) in [6.07, 6.45) is 0.597. The van der Waals surface area contributed by atoms with E-state index in [0.29, 0.717) is 49.8 Å². The van der Waals surface area contributed by atoms with E-state index < -0.39 is 29.6 Å². The third-order valence-electron chi connectivity index (χ3n) is 6.75. The molecular weight excluding hydrogens is 504 g/mol. The number of aromatic nitrogens is 1. The number of benzene rings is 3. The zero-order valence-electron chi connectivity index (χ0n) is 21.4. The van der Waals surface area contributed by atoms with Crippen LogP contribution in [0.4, 0.5) is 0 Å². The summed E-state index contributed by atoms with van der Waals surface area (Å²) in [4.78, 5) is 40.6. The van der Waals surface area contributed by atoms with Crippen LogP contribution in [0.25, 0.3) is 32.6 Å². The predicted octanol–water partition coefficient (Wildman–Crippen LogP) is 4.03. The topological polar surface area (TPSA) is 151 Å². The molecule has 2 atom stereocenters. The third kappa shape index (κ3) is 4.84.